The third kappa shape index (κ3) is 6.26. The normalized spacial score (nSPS) is 11.5. The molecule has 1 amide bonds. The van der Waals surface area contributed by atoms with Gasteiger partial charge in [0.25, 0.3) is 15.9 Å². The minimum absolute atomic E-state index is 0.0200. The monoisotopic (exact) mass is 558 g/mol. The summed E-state index contributed by atoms with van der Waals surface area (Å²) in [6, 6.07) is 13.4. The van der Waals surface area contributed by atoms with Crippen LogP contribution in [0.2, 0.25) is 0 Å². The number of carboxylic acids is 1. The van der Waals surface area contributed by atoms with Crippen LogP contribution < -0.4 is 14.8 Å². The fraction of sp³-hybridized carbons (Fsp3) is 0.0476. The van der Waals surface area contributed by atoms with Gasteiger partial charge in [-0.2, -0.15) is 0 Å². The summed E-state index contributed by atoms with van der Waals surface area (Å²) >= 11 is 3.10. The Balaban J connectivity index is 1.84. The average Bonchev–Trinajstić information content (AvgIpc) is 2.74. The van der Waals surface area contributed by atoms with Crippen molar-refractivity contribution in [3.05, 3.63) is 82.3 Å². The number of alkyl halides is 3. The number of anilines is 2. The zero-order valence-electron chi connectivity index (χ0n) is 16.8. The second-order valence-corrected chi connectivity index (χ2v) is 9.13. The largest absolute Gasteiger partial charge is 0.573 e. The van der Waals surface area contributed by atoms with Gasteiger partial charge < -0.3 is 15.2 Å². The molecular formula is C21H14BrF3N2O6S. The van der Waals surface area contributed by atoms with Gasteiger partial charge in [-0.05, 0) is 70.5 Å². The molecule has 0 saturated heterocycles. The number of rotatable bonds is 7. The number of benzene rings is 3. The summed E-state index contributed by atoms with van der Waals surface area (Å²) < 4.78 is 68.6. The van der Waals surface area contributed by atoms with Gasteiger partial charge in [-0.15, -0.1) is 13.2 Å². The molecule has 3 rings (SSSR count). The number of aromatic carboxylic acids is 1. The summed E-state index contributed by atoms with van der Waals surface area (Å²) in [7, 11) is -4.28. The van der Waals surface area contributed by atoms with Gasteiger partial charge in [0.05, 0.1) is 11.3 Å². The number of carboxylic acid groups (broad SMARTS) is 1. The van der Waals surface area contributed by atoms with Gasteiger partial charge in [-0.3, -0.25) is 9.52 Å². The summed E-state index contributed by atoms with van der Waals surface area (Å²) in [5.74, 6) is -2.55. The van der Waals surface area contributed by atoms with Crippen LogP contribution in [0.3, 0.4) is 0 Å². The van der Waals surface area contributed by atoms with E-state index in [1.165, 1.54) is 36.4 Å². The molecule has 0 aliphatic heterocycles. The number of hydrogen-bond acceptors (Lipinski definition) is 5. The molecule has 0 fully saturated rings. The van der Waals surface area contributed by atoms with Crippen LogP contribution in [0.1, 0.15) is 20.7 Å². The lowest BCUT2D eigenvalue weighted by Gasteiger charge is -2.13. The number of nitrogens with one attached hydrogen (secondary N) is 2. The minimum atomic E-state index is -4.89. The molecule has 13 heteroatoms. The van der Waals surface area contributed by atoms with Crippen molar-refractivity contribution in [2.75, 3.05) is 10.0 Å². The van der Waals surface area contributed by atoms with Crippen molar-refractivity contribution in [3.63, 3.8) is 0 Å². The molecule has 0 aliphatic rings. The predicted octanol–water partition coefficient (Wildman–Crippen LogP) is 5.10. The second-order valence-electron chi connectivity index (χ2n) is 6.63. The van der Waals surface area contributed by atoms with Crippen LogP contribution in [-0.2, 0) is 10.0 Å². The first-order valence-corrected chi connectivity index (χ1v) is 11.5. The van der Waals surface area contributed by atoms with Crippen LogP contribution >= 0.6 is 15.9 Å². The van der Waals surface area contributed by atoms with Crippen molar-refractivity contribution >= 4 is 49.2 Å². The molecule has 0 atom stereocenters. The van der Waals surface area contributed by atoms with Gasteiger partial charge in [0.15, 0.2) is 0 Å². The van der Waals surface area contributed by atoms with Gasteiger partial charge >= 0.3 is 12.3 Å². The second kappa shape index (κ2) is 9.73. The summed E-state index contributed by atoms with van der Waals surface area (Å²) in [4.78, 5) is 23.6. The minimum Gasteiger partial charge on any atom is -0.478 e. The molecule has 0 bridgehead atoms. The first-order valence-electron chi connectivity index (χ1n) is 9.17. The lowest BCUT2D eigenvalue weighted by atomic mass is 10.1. The maximum Gasteiger partial charge on any atom is 0.573 e. The van der Waals surface area contributed by atoms with Gasteiger partial charge in [0.2, 0.25) is 0 Å². The Labute approximate surface area is 199 Å². The highest BCUT2D eigenvalue weighted by molar-refractivity contribution is 9.10. The molecule has 0 heterocycles. The number of para-hydroxylation sites is 1. The van der Waals surface area contributed by atoms with E-state index < -0.39 is 34.0 Å². The lowest BCUT2D eigenvalue weighted by Crippen LogP contribution is -2.18. The number of amides is 1. The molecule has 3 aromatic rings. The summed E-state index contributed by atoms with van der Waals surface area (Å²) in [5, 5.41) is 11.7. The highest BCUT2D eigenvalue weighted by Crippen LogP contribution is 2.28. The van der Waals surface area contributed by atoms with Crippen molar-refractivity contribution in [2.45, 2.75) is 11.3 Å². The van der Waals surface area contributed by atoms with Crippen LogP contribution in [0.5, 0.6) is 5.75 Å². The maximum atomic E-state index is 12.9. The van der Waals surface area contributed by atoms with Gasteiger partial charge in [0, 0.05) is 15.7 Å². The SMILES string of the molecule is O=C(Nc1ccccc1C(=O)O)c1ccc(Br)c(S(=O)(=O)Nc2ccc(OC(F)(F)F)cc2)c1. The molecule has 0 aromatic heterocycles. The molecule has 0 radical (unpaired) electrons. The Morgan fingerprint density at radius 3 is 2.24 bits per heavy atom. The van der Waals surface area contributed by atoms with E-state index in [1.807, 2.05) is 0 Å². The molecule has 0 spiro atoms. The zero-order valence-corrected chi connectivity index (χ0v) is 19.2. The molecule has 178 valence electrons. The van der Waals surface area contributed by atoms with Crippen LogP contribution in [0.15, 0.2) is 76.1 Å². The summed E-state index contributed by atoms with van der Waals surface area (Å²) in [5.41, 5.74) is -0.267. The van der Waals surface area contributed by atoms with Crippen LogP contribution in [0, 0.1) is 0 Å². The van der Waals surface area contributed by atoms with E-state index in [0.29, 0.717) is 0 Å². The van der Waals surface area contributed by atoms with E-state index in [1.54, 1.807) is 0 Å². The molecule has 3 aromatic carbocycles. The number of carbonyl (C=O) groups excluding carboxylic acids is 1. The van der Waals surface area contributed by atoms with E-state index in [4.69, 9.17) is 0 Å². The van der Waals surface area contributed by atoms with E-state index in [-0.39, 0.29) is 31.9 Å². The molecule has 0 aliphatic carbocycles. The third-order valence-electron chi connectivity index (χ3n) is 4.23. The van der Waals surface area contributed by atoms with E-state index in [9.17, 15) is 36.3 Å². The number of sulfonamides is 1. The fourth-order valence-electron chi connectivity index (χ4n) is 2.76. The molecule has 0 saturated carbocycles. The predicted molar refractivity (Wildman–Crippen MR) is 119 cm³/mol. The number of halogens is 4. The molecule has 8 nitrogen and oxygen atoms in total. The third-order valence-corrected chi connectivity index (χ3v) is 6.60. The molecule has 3 N–H and O–H groups in total. The Hall–Kier alpha value is -3.58. The smallest absolute Gasteiger partial charge is 0.478 e. The topological polar surface area (TPSA) is 122 Å². The Morgan fingerprint density at radius 1 is 0.971 bits per heavy atom. The van der Waals surface area contributed by atoms with Crippen LogP contribution in [-0.4, -0.2) is 31.8 Å². The number of carbonyl (C=O) groups is 2. The quantitative estimate of drug-likeness (QED) is 0.371. The molecule has 34 heavy (non-hydrogen) atoms. The van der Waals surface area contributed by atoms with Crippen molar-refractivity contribution in [2.24, 2.45) is 0 Å². The first kappa shape index (κ1) is 25.1. The van der Waals surface area contributed by atoms with Crippen molar-refractivity contribution in [1.29, 1.82) is 0 Å². The lowest BCUT2D eigenvalue weighted by molar-refractivity contribution is -0.274. The van der Waals surface area contributed by atoms with Gasteiger partial charge in [-0.25, -0.2) is 13.2 Å². The highest BCUT2D eigenvalue weighted by Gasteiger charge is 2.31. The van der Waals surface area contributed by atoms with E-state index in [2.05, 4.69) is 30.7 Å². The van der Waals surface area contributed by atoms with Crippen LogP contribution in [0.4, 0.5) is 24.5 Å². The summed E-state index contributed by atoms with van der Waals surface area (Å²) in [6.45, 7) is 0. The Bertz CT molecular complexity index is 1350. The zero-order chi connectivity index (χ0) is 25.1. The maximum absolute atomic E-state index is 12.9. The van der Waals surface area contributed by atoms with Gasteiger partial charge in [-0.1, -0.05) is 12.1 Å². The van der Waals surface area contributed by atoms with Gasteiger partial charge in [0.1, 0.15) is 10.6 Å². The molecular weight excluding hydrogens is 545 g/mol. The van der Waals surface area contributed by atoms with E-state index >= 15 is 0 Å². The van der Waals surface area contributed by atoms with Crippen molar-refractivity contribution < 1.29 is 41.0 Å². The van der Waals surface area contributed by atoms with Crippen LogP contribution in [0.25, 0.3) is 0 Å². The standard InChI is InChI=1S/C21H14BrF3N2O6S/c22-16-10-5-12(19(28)26-17-4-2-1-3-15(17)20(29)30)11-18(16)34(31,32)27-13-6-8-14(9-7-13)33-21(23,24)25/h1-11,27H,(H,26,28)(H,29,30). The van der Waals surface area contributed by atoms with Crippen molar-refractivity contribution in [3.8, 4) is 5.75 Å². The Kier molecular flexibility index (Phi) is 7.17. The molecule has 0 unspecified atom stereocenters. The fourth-order valence-corrected chi connectivity index (χ4v) is 4.81. The average molecular weight is 559 g/mol. The highest BCUT2D eigenvalue weighted by atomic mass is 79.9. The van der Waals surface area contributed by atoms with Crippen molar-refractivity contribution in [1.82, 2.24) is 0 Å². The number of hydrogen-bond donors (Lipinski definition) is 3. The Morgan fingerprint density at radius 2 is 1.62 bits per heavy atom. The van der Waals surface area contributed by atoms with E-state index in [0.717, 1.165) is 30.3 Å². The summed E-state index contributed by atoms with van der Waals surface area (Å²) in [6.07, 6.45) is -4.89. The first-order chi connectivity index (χ1) is 15.9. The number of ether oxygens (including phenoxy) is 1.